The number of nitriles is 1. The van der Waals surface area contributed by atoms with E-state index in [0.717, 1.165) is 42.2 Å². The summed E-state index contributed by atoms with van der Waals surface area (Å²) < 4.78 is 2.49. The fraction of sp³-hybridized carbons (Fsp3) is 0.806. The molecule has 3 saturated carbocycles. The van der Waals surface area contributed by atoms with Gasteiger partial charge >= 0.3 is 0 Å². The van der Waals surface area contributed by atoms with E-state index in [-0.39, 0.29) is 5.82 Å². The standard InChI is InChI=1S/C31H47N7/c1-21-14-16-23(17-15-21)20-38-28-29(33-22(2)24-11-8-12-24)34-27(19-32)35-30(28)36-31(38)37-18-7-6-13-26(37)25-9-4-3-5-10-25/h21-26H,3-18,20H2,1-2H3,(H,33,34,35)/t21?,22-,23?,26?/m1/s1. The molecule has 4 fully saturated rings. The molecule has 7 nitrogen and oxygen atoms in total. The molecular weight excluding hydrogens is 470 g/mol. The van der Waals surface area contributed by atoms with Gasteiger partial charge in [-0.25, -0.2) is 0 Å². The molecule has 6 rings (SSSR count). The highest BCUT2D eigenvalue weighted by Gasteiger charge is 2.35. The molecule has 1 saturated heterocycles. The zero-order valence-electron chi connectivity index (χ0n) is 23.7. The van der Waals surface area contributed by atoms with Crippen LogP contribution < -0.4 is 10.2 Å². The number of fused-ring (bicyclic) bond motifs is 1. The third kappa shape index (κ3) is 5.25. The van der Waals surface area contributed by atoms with Crippen LogP contribution in [0.3, 0.4) is 0 Å². The number of piperidine rings is 1. The average molecular weight is 518 g/mol. The molecule has 0 radical (unpaired) electrons. The molecule has 1 N–H and O–H groups in total. The second-order valence-corrected chi connectivity index (χ2v) is 13.1. The highest BCUT2D eigenvalue weighted by atomic mass is 15.3. The number of rotatable bonds is 7. The molecule has 0 amide bonds. The maximum atomic E-state index is 9.80. The van der Waals surface area contributed by atoms with Crippen molar-refractivity contribution in [1.82, 2.24) is 19.5 Å². The van der Waals surface area contributed by atoms with Crippen molar-refractivity contribution in [2.75, 3.05) is 16.8 Å². The Morgan fingerprint density at radius 2 is 1.66 bits per heavy atom. The zero-order chi connectivity index (χ0) is 26.1. The summed E-state index contributed by atoms with van der Waals surface area (Å²) in [5.74, 6) is 5.09. The number of anilines is 2. The summed E-state index contributed by atoms with van der Waals surface area (Å²) in [5, 5.41) is 13.6. The van der Waals surface area contributed by atoms with Crippen LogP contribution in [-0.4, -0.2) is 38.1 Å². The summed E-state index contributed by atoms with van der Waals surface area (Å²) in [6.45, 7) is 6.73. The third-order valence-corrected chi connectivity index (χ3v) is 10.5. The molecule has 206 valence electrons. The Kier molecular flexibility index (Phi) is 7.77. The zero-order valence-corrected chi connectivity index (χ0v) is 23.7. The van der Waals surface area contributed by atoms with Crippen LogP contribution in [0.25, 0.3) is 11.2 Å². The van der Waals surface area contributed by atoms with Gasteiger partial charge in [0.2, 0.25) is 11.8 Å². The summed E-state index contributed by atoms with van der Waals surface area (Å²) in [6, 6.07) is 3.12. The lowest BCUT2D eigenvalue weighted by molar-refractivity contribution is 0.252. The van der Waals surface area contributed by atoms with Gasteiger partial charge in [-0.2, -0.15) is 20.2 Å². The predicted molar refractivity (Wildman–Crippen MR) is 153 cm³/mol. The summed E-state index contributed by atoms with van der Waals surface area (Å²) in [4.78, 5) is 17.4. The molecule has 7 heteroatoms. The summed E-state index contributed by atoms with van der Waals surface area (Å²) in [5.41, 5.74) is 1.73. The largest absolute Gasteiger partial charge is 0.365 e. The number of nitrogens with one attached hydrogen (secondary N) is 1. The SMILES string of the molecule is CC1CCC(Cn2c(N3CCCCC3C3CCCCC3)nc3nc(C#N)nc(N[C@H](C)C4CCC4)c32)CC1. The van der Waals surface area contributed by atoms with E-state index in [0.29, 0.717) is 29.6 Å². The van der Waals surface area contributed by atoms with Gasteiger partial charge in [0.1, 0.15) is 11.6 Å². The molecule has 2 aromatic heterocycles. The molecule has 38 heavy (non-hydrogen) atoms. The van der Waals surface area contributed by atoms with E-state index < -0.39 is 0 Å². The van der Waals surface area contributed by atoms with Gasteiger partial charge in [0.15, 0.2) is 11.5 Å². The number of aromatic nitrogens is 4. The molecule has 3 aliphatic carbocycles. The van der Waals surface area contributed by atoms with Crippen LogP contribution >= 0.6 is 0 Å². The highest BCUT2D eigenvalue weighted by molar-refractivity contribution is 5.86. The van der Waals surface area contributed by atoms with Crippen molar-refractivity contribution in [1.29, 1.82) is 5.26 Å². The van der Waals surface area contributed by atoms with Crippen LogP contribution in [0.1, 0.15) is 116 Å². The van der Waals surface area contributed by atoms with E-state index in [1.165, 1.54) is 96.3 Å². The Morgan fingerprint density at radius 3 is 2.37 bits per heavy atom. The van der Waals surface area contributed by atoms with Crippen molar-refractivity contribution in [2.24, 2.45) is 23.7 Å². The van der Waals surface area contributed by atoms with Gasteiger partial charge in [0, 0.05) is 25.2 Å². The molecule has 0 aromatic carbocycles. The number of hydrogen-bond acceptors (Lipinski definition) is 6. The first-order valence-corrected chi connectivity index (χ1v) is 15.8. The van der Waals surface area contributed by atoms with Crippen LogP contribution in [0, 0.1) is 35.0 Å². The van der Waals surface area contributed by atoms with Crippen molar-refractivity contribution < 1.29 is 0 Å². The van der Waals surface area contributed by atoms with E-state index in [2.05, 4.69) is 39.7 Å². The van der Waals surface area contributed by atoms with Crippen LogP contribution in [-0.2, 0) is 6.54 Å². The Labute approximate surface area is 228 Å². The van der Waals surface area contributed by atoms with Gasteiger partial charge in [-0.05, 0) is 88.4 Å². The molecule has 1 aliphatic heterocycles. The number of nitrogens with zero attached hydrogens (tertiary/aromatic N) is 6. The maximum Gasteiger partial charge on any atom is 0.236 e. The lowest BCUT2D eigenvalue weighted by Crippen LogP contribution is -2.46. The van der Waals surface area contributed by atoms with Gasteiger partial charge in [-0.1, -0.05) is 45.4 Å². The summed E-state index contributed by atoms with van der Waals surface area (Å²) in [6.07, 6.45) is 19.7. The lowest BCUT2D eigenvalue weighted by Gasteiger charge is -2.43. The van der Waals surface area contributed by atoms with Gasteiger partial charge in [0.05, 0.1) is 0 Å². The van der Waals surface area contributed by atoms with E-state index in [1.807, 2.05) is 0 Å². The Hall–Kier alpha value is -2.36. The number of imidazole rings is 1. The van der Waals surface area contributed by atoms with Crippen molar-refractivity contribution >= 4 is 22.9 Å². The molecule has 0 bridgehead atoms. The Morgan fingerprint density at radius 1 is 0.895 bits per heavy atom. The summed E-state index contributed by atoms with van der Waals surface area (Å²) >= 11 is 0. The van der Waals surface area contributed by atoms with E-state index in [4.69, 9.17) is 9.97 Å². The third-order valence-electron chi connectivity index (χ3n) is 10.5. The second-order valence-electron chi connectivity index (χ2n) is 13.1. The van der Waals surface area contributed by atoms with Crippen LogP contribution in [0.2, 0.25) is 0 Å². The Bertz CT molecular complexity index is 1130. The minimum Gasteiger partial charge on any atom is -0.365 e. The molecule has 3 heterocycles. The van der Waals surface area contributed by atoms with Crippen molar-refractivity contribution in [2.45, 2.75) is 129 Å². The first-order chi connectivity index (χ1) is 18.6. The fourth-order valence-electron chi connectivity index (χ4n) is 7.83. The first-order valence-electron chi connectivity index (χ1n) is 15.8. The maximum absolute atomic E-state index is 9.80. The predicted octanol–water partition coefficient (Wildman–Crippen LogP) is 7.06. The van der Waals surface area contributed by atoms with Crippen molar-refractivity contribution in [3.8, 4) is 6.07 Å². The van der Waals surface area contributed by atoms with E-state index in [1.54, 1.807) is 0 Å². The molecule has 4 aliphatic rings. The number of hydrogen-bond donors (Lipinski definition) is 1. The van der Waals surface area contributed by atoms with Crippen LogP contribution in [0.5, 0.6) is 0 Å². The van der Waals surface area contributed by atoms with Crippen LogP contribution in [0.15, 0.2) is 0 Å². The monoisotopic (exact) mass is 517 g/mol. The van der Waals surface area contributed by atoms with Crippen LogP contribution in [0.4, 0.5) is 11.8 Å². The van der Waals surface area contributed by atoms with Gasteiger partial charge < -0.3 is 14.8 Å². The normalized spacial score (nSPS) is 28.1. The highest BCUT2D eigenvalue weighted by Crippen LogP contribution is 2.40. The lowest BCUT2D eigenvalue weighted by atomic mass is 9.80. The van der Waals surface area contributed by atoms with Gasteiger partial charge in [-0.3, -0.25) is 0 Å². The molecule has 1 unspecified atom stereocenters. The molecule has 0 spiro atoms. The van der Waals surface area contributed by atoms with Gasteiger partial charge in [0.25, 0.3) is 0 Å². The van der Waals surface area contributed by atoms with E-state index >= 15 is 0 Å². The smallest absolute Gasteiger partial charge is 0.236 e. The van der Waals surface area contributed by atoms with Crippen molar-refractivity contribution in [3.05, 3.63) is 5.82 Å². The van der Waals surface area contributed by atoms with E-state index in [9.17, 15) is 5.26 Å². The summed E-state index contributed by atoms with van der Waals surface area (Å²) in [7, 11) is 0. The topological polar surface area (TPSA) is 82.7 Å². The van der Waals surface area contributed by atoms with Crippen molar-refractivity contribution in [3.63, 3.8) is 0 Å². The minimum atomic E-state index is 0.228. The molecule has 2 atom stereocenters. The quantitative estimate of drug-likeness (QED) is 0.423. The fourth-order valence-corrected chi connectivity index (χ4v) is 7.83. The Balaban J connectivity index is 1.42. The van der Waals surface area contributed by atoms with Gasteiger partial charge in [-0.15, -0.1) is 0 Å². The molecular formula is C31H47N7. The minimum absolute atomic E-state index is 0.228. The second kappa shape index (κ2) is 11.4. The average Bonchev–Trinajstić information content (AvgIpc) is 3.27. The molecule has 2 aromatic rings. The first kappa shape index (κ1) is 25.9.